The van der Waals surface area contributed by atoms with Crippen molar-refractivity contribution in [1.82, 2.24) is 4.57 Å². The van der Waals surface area contributed by atoms with E-state index in [1.54, 1.807) is 17.6 Å². The van der Waals surface area contributed by atoms with E-state index in [-0.39, 0.29) is 17.2 Å². The molecule has 3 atom stereocenters. The maximum Gasteiger partial charge on any atom is 0.271 e. The van der Waals surface area contributed by atoms with Crippen LogP contribution in [0.3, 0.4) is 0 Å². The van der Waals surface area contributed by atoms with E-state index in [2.05, 4.69) is 21.2 Å². The molecule has 4 heterocycles. The molecule has 1 amide bonds. The number of Topliss-reactive ketones (excluding diaryl/α,β-unsaturated/α-hetero) is 1. The van der Waals surface area contributed by atoms with Gasteiger partial charge < -0.3 is 10.1 Å². The molecule has 3 aromatic rings. The van der Waals surface area contributed by atoms with E-state index in [1.165, 1.54) is 6.92 Å². The van der Waals surface area contributed by atoms with Crippen LogP contribution in [0.15, 0.2) is 56.7 Å². The van der Waals surface area contributed by atoms with Crippen LogP contribution in [0.5, 0.6) is 5.75 Å². The van der Waals surface area contributed by atoms with Crippen LogP contribution in [0.1, 0.15) is 31.0 Å². The second kappa shape index (κ2) is 6.49. The van der Waals surface area contributed by atoms with E-state index in [9.17, 15) is 14.4 Å². The van der Waals surface area contributed by atoms with Gasteiger partial charge in [-0.05, 0) is 38.1 Å². The summed E-state index contributed by atoms with van der Waals surface area (Å²) in [5.74, 6) is -0.495. The molecular formula is C23H16BrN3O4S. The third-order valence-corrected chi connectivity index (χ3v) is 7.79. The highest BCUT2D eigenvalue weighted by atomic mass is 79.9. The number of ketones is 1. The fourth-order valence-corrected chi connectivity index (χ4v) is 6.53. The van der Waals surface area contributed by atoms with Crippen LogP contribution < -0.4 is 24.9 Å². The molecule has 3 aliphatic rings. The smallest absolute Gasteiger partial charge is 0.271 e. The first-order chi connectivity index (χ1) is 15.3. The molecule has 1 N–H and O–H groups in total. The lowest BCUT2D eigenvalue weighted by molar-refractivity contribution is -0.132. The molecule has 7 nitrogen and oxygen atoms in total. The maximum atomic E-state index is 13.8. The van der Waals surface area contributed by atoms with Crippen molar-refractivity contribution in [3.63, 3.8) is 0 Å². The second-order valence-electron chi connectivity index (χ2n) is 8.25. The number of ether oxygens (including phenoxy) is 1. The lowest BCUT2D eigenvalue weighted by Gasteiger charge is -2.45. The Bertz CT molecular complexity index is 1560. The highest BCUT2D eigenvalue weighted by Crippen LogP contribution is 2.47. The number of fused-ring (bicyclic) bond motifs is 7. The lowest BCUT2D eigenvalue weighted by Crippen LogP contribution is -2.58. The molecule has 0 saturated heterocycles. The number of halogens is 1. The van der Waals surface area contributed by atoms with Crippen molar-refractivity contribution >= 4 is 50.2 Å². The predicted molar refractivity (Wildman–Crippen MR) is 122 cm³/mol. The summed E-state index contributed by atoms with van der Waals surface area (Å²) in [4.78, 5) is 44.5. The molecule has 2 bridgehead atoms. The van der Waals surface area contributed by atoms with Crippen LogP contribution in [0.25, 0.3) is 5.57 Å². The molecule has 9 heteroatoms. The Morgan fingerprint density at radius 2 is 2.03 bits per heavy atom. The molecular weight excluding hydrogens is 494 g/mol. The minimum absolute atomic E-state index is 0.110. The Hall–Kier alpha value is -3.04. The van der Waals surface area contributed by atoms with Gasteiger partial charge in [0.25, 0.3) is 11.5 Å². The van der Waals surface area contributed by atoms with E-state index in [4.69, 9.17) is 9.73 Å². The molecule has 160 valence electrons. The van der Waals surface area contributed by atoms with E-state index >= 15 is 0 Å². The Kier molecular flexibility index (Phi) is 3.98. The number of para-hydroxylation sites is 1. The zero-order chi connectivity index (χ0) is 22.4. The summed E-state index contributed by atoms with van der Waals surface area (Å²) in [5, 5.41) is 2.83. The largest absolute Gasteiger partial charge is 0.465 e. The van der Waals surface area contributed by atoms with E-state index in [0.717, 1.165) is 21.4 Å². The molecule has 1 aromatic heterocycles. The van der Waals surface area contributed by atoms with Gasteiger partial charge in [-0.15, -0.1) is 0 Å². The molecule has 0 unspecified atom stereocenters. The van der Waals surface area contributed by atoms with Gasteiger partial charge in [-0.3, -0.25) is 19.0 Å². The Balaban J connectivity index is 1.72. The van der Waals surface area contributed by atoms with Gasteiger partial charge in [-0.2, -0.15) is 0 Å². The topological polar surface area (TPSA) is 89.8 Å². The maximum absolute atomic E-state index is 13.8. The number of amides is 1. The average molecular weight is 510 g/mol. The summed E-state index contributed by atoms with van der Waals surface area (Å²) >= 11 is 4.60. The standard InChI is InChI=1S/C23H16BrN3O4S/c1-10(28)17-18-12-5-3-4-6-15(12)31-23(17,2)26-22-27(18)21(30)19(32-22)16-13-9-11(24)7-8-14(13)25-20(16)29/h3-9,17-18H,1-2H3,(H,25,29)/b19-16+/t17-,18+,23-/m0/s1. The molecule has 3 aliphatic heterocycles. The summed E-state index contributed by atoms with van der Waals surface area (Å²) in [6, 6.07) is 12.3. The van der Waals surface area contributed by atoms with E-state index < -0.39 is 17.7 Å². The fourth-order valence-electron chi connectivity index (χ4n) is 4.97. The molecule has 0 saturated carbocycles. The summed E-state index contributed by atoms with van der Waals surface area (Å²) in [7, 11) is 0. The number of hydrogen-bond acceptors (Lipinski definition) is 6. The van der Waals surface area contributed by atoms with Gasteiger partial charge in [-0.25, -0.2) is 4.99 Å². The van der Waals surface area contributed by atoms with Crippen LogP contribution in [0.2, 0.25) is 0 Å². The predicted octanol–water partition coefficient (Wildman–Crippen LogP) is 2.36. The quantitative estimate of drug-likeness (QED) is 0.545. The number of carbonyl (C=O) groups excluding carboxylic acids is 2. The van der Waals surface area contributed by atoms with Gasteiger partial charge >= 0.3 is 0 Å². The zero-order valence-electron chi connectivity index (χ0n) is 17.0. The number of carbonyl (C=O) groups is 2. The minimum atomic E-state index is -1.14. The summed E-state index contributed by atoms with van der Waals surface area (Å²) < 4.78 is 8.87. The average Bonchev–Trinajstić information content (AvgIpc) is 3.21. The van der Waals surface area contributed by atoms with Gasteiger partial charge in [0.15, 0.2) is 4.80 Å². The van der Waals surface area contributed by atoms with E-state index in [0.29, 0.717) is 31.9 Å². The van der Waals surface area contributed by atoms with Crippen molar-refractivity contribution in [2.75, 3.05) is 5.32 Å². The zero-order valence-corrected chi connectivity index (χ0v) is 19.4. The number of thiazole rings is 1. The van der Waals surface area contributed by atoms with Crippen LogP contribution in [-0.2, 0) is 9.59 Å². The number of aromatic nitrogens is 1. The van der Waals surface area contributed by atoms with Crippen molar-refractivity contribution in [1.29, 1.82) is 0 Å². The number of nitrogens with one attached hydrogen (secondary N) is 1. The summed E-state index contributed by atoms with van der Waals surface area (Å²) in [6.45, 7) is 3.27. The third kappa shape index (κ3) is 2.52. The molecule has 0 spiro atoms. The van der Waals surface area contributed by atoms with Crippen molar-refractivity contribution < 1.29 is 14.3 Å². The summed E-state index contributed by atoms with van der Waals surface area (Å²) in [5.41, 5.74) is 0.930. The molecule has 0 radical (unpaired) electrons. The SMILES string of the molecule is CC(=O)[C@H]1[C@H]2c3ccccc3O[C@]1(C)N=c1s/c(=C3/C(=O)Nc4ccc(Br)cc43)c(=O)n12. The van der Waals surface area contributed by atoms with Gasteiger partial charge in [0.2, 0.25) is 5.72 Å². The Labute approximate surface area is 194 Å². The number of hydrogen-bond donors (Lipinski definition) is 1. The molecule has 6 rings (SSSR count). The normalized spacial score (nSPS) is 26.3. The van der Waals surface area contributed by atoms with Crippen LogP contribution in [0.4, 0.5) is 5.69 Å². The monoisotopic (exact) mass is 509 g/mol. The van der Waals surface area contributed by atoms with Crippen LogP contribution in [-0.4, -0.2) is 22.0 Å². The van der Waals surface area contributed by atoms with Gasteiger partial charge in [0, 0.05) is 21.3 Å². The van der Waals surface area contributed by atoms with Crippen molar-refractivity contribution in [3.8, 4) is 5.75 Å². The third-order valence-electron chi connectivity index (χ3n) is 6.25. The van der Waals surface area contributed by atoms with Gasteiger partial charge in [-0.1, -0.05) is 45.5 Å². The van der Waals surface area contributed by atoms with E-state index in [1.807, 2.05) is 36.4 Å². The first kappa shape index (κ1) is 19.6. The fraction of sp³-hybridized carbons (Fsp3) is 0.217. The molecule has 2 aromatic carbocycles. The number of anilines is 1. The van der Waals surface area contributed by atoms with Crippen molar-refractivity contribution in [3.05, 3.63) is 77.8 Å². The molecule has 0 fully saturated rings. The van der Waals surface area contributed by atoms with Crippen molar-refractivity contribution in [2.24, 2.45) is 10.9 Å². The number of nitrogens with zero attached hydrogens (tertiary/aromatic N) is 2. The summed E-state index contributed by atoms with van der Waals surface area (Å²) in [6.07, 6.45) is 0. The Morgan fingerprint density at radius 3 is 2.81 bits per heavy atom. The minimum Gasteiger partial charge on any atom is -0.465 e. The highest BCUT2D eigenvalue weighted by Gasteiger charge is 2.53. The molecule has 0 aliphatic carbocycles. The van der Waals surface area contributed by atoms with Gasteiger partial charge in [0.05, 0.1) is 11.6 Å². The number of benzene rings is 2. The molecule has 32 heavy (non-hydrogen) atoms. The van der Waals surface area contributed by atoms with Gasteiger partial charge in [0.1, 0.15) is 22.0 Å². The van der Waals surface area contributed by atoms with Crippen molar-refractivity contribution in [2.45, 2.75) is 25.6 Å². The lowest BCUT2D eigenvalue weighted by atomic mass is 9.79. The second-order valence-corrected chi connectivity index (χ2v) is 10.1. The van der Waals surface area contributed by atoms with Crippen LogP contribution in [0, 0.1) is 5.92 Å². The Morgan fingerprint density at radius 1 is 1.25 bits per heavy atom. The highest BCUT2D eigenvalue weighted by molar-refractivity contribution is 9.10. The first-order valence-electron chi connectivity index (χ1n) is 10.0. The van der Waals surface area contributed by atoms with Crippen LogP contribution >= 0.6 is 27.3 Å². The number of rotatable bonds is 1. The first-order valence-corrected chi connectivity index (χ1v) is 11.6.